The van der Waals surface area contributed by atoms with Crippen molar-refractivity contribution in [3.8, 4) is 12.1 Å². The van der Waals surface area contributed by atoms with Gasteiger partial charge in [0.15, 0.2) is 5.78 Å². The molecule has 1 aromatic carbocycles. The van der Waals surface area contributed by atoms with Gasteiger partial charge in [-0.25, -0.2) is 0 Å². The average molecular weight is 619 g/mol. The smallest absolute Gasteiger partial charge is 0.194 e. The lowest BCUT2D eigenvalue weighted by Gasteiger charge is -2.32. The van der Waals surface area contributed by atoms with Gasteiger partial charge in [-0.05, 0) is 70.4 Å². The predicted molar refractivity (Wildman–Crippen MR) is 198 cm³/mol. The molecule has 0 unspecified atom stereocenters. The zero-order valence-corrected chi connectivity index (χ0v) is 28.9. The first kappa shape index (κ1) is 36.2. The topological polar surface area (TPSA) is 64.7 Å². The molecule has 0 saturated carbocycles. The van der Waals surface area contributed by atoms with E-state index < -0.39 is 0 Å². The number of hydrogen-bond acceptors (Lipinski definition) is 3. The molecule has 0 N–H and O–H groups in total. The largest absolute Gasteiger partial charge is 0.289 e. The van der Waals surface area contributed by atoms with Gasteiger partial charge in [0.05, 0.1) is 0 Å². The summed E-state index contributed by atoms with van der Waals surface area (Å²) in [5.74, 6) is -0.179. The number of hydrogen-bond donors (Lipinski definition) is 0. The minimum Gasteiger partial charge on any atom is -0.289 e. The van der Waals surface area contributed by atoms with Crippen LogP contribution in [0.5, 0.6) is 0 Å². The molecule has 0 atom stereocenters. The molecule has 2 aliphatic carbocycles. The van der Waals surface area contributed by atoms with Crippen molar-refractivity contribution in [1.82, 2.24) is 0 Å². The molecule has 3 rings (SSSR count). The van der Waals surface area contributed by atoms with Crippen molar-refractivity contribution in [2.75, 3.05) is 0 Å². The molecule has 0 heterocycles. The molecule has 47 heavy (non-hydrogen) atoms. The molecule has 1 aromatic rings. The van der Waals surface area contributed by atoms with E-state index in [-0.39, 0.29) is 16.8 Å². The van der Waals surface area contributed by atoms with Gasteiger partial charge in [0.25, 0.3) is 0 Å². The number of carbonyl (C=O) groups is 1. The van der Waals surface area contributed by atoms with E-state index in [0.29, 0.717) is 22.3 Å². The molecule has 3 heteroatoms. The van der Waals surface area contributed by atoms with Gasteiger partial charge in [0.2, 0.25) is 0 Å². The van der Waals surface area contributed by atoms with Crippen LogP contribution in [-0.2, 0) is 0 Å². The summed E-state index contributed by atoms with van der Waals surface area (Å²) in [6.45, 7) is 15.2. The zero-order chi connectivity index (χ0) is 34.4. The molecule has 238 valence electrons. The number of Topliss-reactive ketones (excluding diaryl/α,β-unsaturated/α-hetero) is 1. The first-order valence-electron chi connectivity index (χ1n) is 16.2. The van der Waals surface area contributed by atoms with Gasteiger partial charge in [-0.15, -0.1) is 0 Å². The quantitative estimate of drug-likeness (QED) is 0.149. The molecular formula is C44H46N2O. The van der Waals surface area contributed by atoms with E-state index in [1.54, 1.807) is 36.4 Å². The lowest BCUT2D eigenvalue weighted by molar-refractivity contribution is 0.104. The van der Waals surface area contributed by atoms with Crippen molar-refractivity contribution in [3.63, 3.8) is 0 Å². The van der Waals surface area contributed by atoms with Gasteiger partial charge >= 0.3 is 0 Å². The molecule has 0 bridgehead atoms. The van der Waals surface area contributed by atoms with Crippen LogP contribution in [0.25, 0.3) is 5.57 Å². The number of ketones is 1. The number of fused-ring (bicyclic) bond motifs is 1. The SMILES string of the molecule is CC1=C(/C=C/C(C)=C/C=C/C(C)=C/C=C/C=C(C)/C=C/C=C(C)/C=C/C=C2/C(=O)c3ccccc3C2=C(C#N)C#N)C(C)(C)CCC1. The highest BCUT2D eigenvalue weighted by molar-refractivity contribution is 6.27. The van der Waals surface area contributed by atoms with E-state index in [1.165, 1.54) is 41.6 Å². The molecular weight excluding hydrogens is 572 g/mol. The van der Waals surface area contributed by atoms with Crippen molar-refractivity contribution in [2.24, 2.45) is 5.41 Å². The molecule has 0 radical (unpaired) electrons. The maximum Gasteiger partial charge on any atom is 0.194 e. The average Bonchev–Trinajstić information content (AvgIpc) is 3.30. The second kappa shape index (κ2) is 17.4. The summed E-state index contributed by atoms with van der Waals surface area (Å²) in [5.41, 5.74) is 9.62. The standard InChI is InChI=1S/C44H46N2O/c1-32(16-8-9-17-33(2)19-13-21-35(4)27-28-41-36(5)23-15-29-44(41,6)7)18-12-20-34(3)22-14-26-40-42(37(30-45)31-46)38-24-10-11-25-39(38)43(40)47/h8-14,16-22,24-28H,15,23,29H2,1-7H3/b9-8+,18-12+,19-13+,22-14+,28-27+,32-16+,33-17+,34-20+,35-21+,40-26+. The highest BCUT2D eigenvalue weighted by atomic mass is 16.1. The fourth-order valence-electron chi connectivity index (χ4n) is 5.73. The molecule has 3 nitrogen and oxygen atoms in total. The van der Waals surface area contributed by atoms with E-state index in [2.05, 4.69) is 77.2 Å². The fraction of sp³-hybridized carbons (Fsp3) is 0.250. The Bertz CT molecular complexity index is 1820. The van der Waals surface area contributed by atoms with Crippen molar-refractivity contribution >= 4 is 11.4 Å². The predicted octanol–water partition coefficient (Wildman–Crippen LogP) is 11.7. The molecule has 0 aliphatic heterocycles. The summed E-state index contributed by atoms with van der Waals surface area (Å²) in [7, 11) is 0. The van der Waals surface area contributed by atoms with Gasteiger partial charge in [-0.2, -0.15) is 10.5 Å². The number of nitriles is 2. The third-order valence-electron chi connectivity index (χ3n) is 8.37. The summed E-state index contributed by atoms with van der Waals surface area (Å²) in [6, 6.07) is 10.9. The number of nitrogens with zero attached hydrogens (tertiary/aromatic N) is 2. The monoisotopic (exact) mass is 618 g/mol. The minimum absolute atomic E-state index is 0.0607. The van der Waals surface area contributed by atoms with Gasteiger partial charge in [-0.3, -0.25) is 4.79 Å². The molecule has 0 spiro atoms. The van der Waals surface area contributed by atoms with E-state index in [4.69, 9.17) is 0 Å². The Hall–Kier alpha value is -5.25. The molecule has 0 aromatic heterocycles. The minimum atomic E-state index is -0.179. The normalized spacial score (nSPS) is 18.9. The third kappa shape index (κ3) is 10.4. The lowest BCUT2D eigenvalue weighted by atomic mass is 9.72. The summed E-state index contributed by atoms with van der Waals surface area (Å²) in [4.78, 5) is 13.0. The van der Waals surface area contributed by atoms with Gasteiger partial charge < -0.3 is 0 Å². The van der Waals surface area contributed by atoms with Crippen LogP contribution in [0, 0.1) is 28.1 Å². The van der Waals surface area contributed by atoms with Gasteiger partial charge in [0, 0.05) is 16.7 Å². The maximum atomic E-state index is 13.0. The van der Waals surface area contributed by atoms with Gasteiger partial charge in [0.1, 0.15) is 17.7 Å². The molecule has 0 saturated heterocycles. The second-order valence-corrected chi connectivity index (χ2v) is 12.8. The summed E-state index contributed by atoms with van der Waals surface area (Å²) in [5, 5.41) is 18.9. The Morgan fingerprint density at radius 1 is 0.745 bits per heavy atom. The highest BCUT2D eigenvalue weighted by Gasteiger charge is 2.31. The van der Waals surface area contributed by atoms with Gasteiger partial charge in [-0.1, -0.05) is 157 Å². The Labute approximate surface area is 282 Å². The van der Waals surface area contributed by atoms with Crippen LogP contribution in [0.2, 0.25) is 0 Å². The second-order valence-electron chi connectivity index (χ2n) is 12.8. The Kier molecular flexibility index (Phi) is 13.4. The van der Waals surface area contributed by atoms with E-state index in [1.807, 2.05) is 62.4 Å². The van der Waals surface area contributed by atoms with Crippen LogP contribution >= 0.6 is 0 Å². The van der Waals surface area contributed by atoms with Crippen molar-refractivity contribution in [2.45, 2.75) is 67.7 Å². The maximum absolute atomic E-state index is 13.0. The van der Waals surface area contributed by atoms with Crippen LogP contribution in [-0.4, -0.2) is 5.78 Å². The first-order valence-corrected chi connectivity index (χ1v) is 16.2. The summed E-state index contributed by atoms with van der Waals surface area (Å²) in [6.07, 6.45) is 34.3. The molecule has 0 fully saturated rings. The Morgan fingerprint density at radius 3 is 1.81 bits per heavy atom. The van der Waals surface area contributed by atoms with Crippen molar-refractivity contribution in [3.05, 3.63) is 171 Å². The van der Waals surface area contributed by atoms with E-state index in [9.17, 15) is 15.3 Å². The van der Waals surface area contributed by atoms with Crippen molar-refractivity contribution < 1.29 is 4.79 Å². The summed E-state index contributed by atoms with van der Waals surface area (Å²) >= 11 is 0. The van der Waals surface area contributed by atoms with Crippen LogP contribution < -0.4 is 0 Å². The fourth-order valence-corrected chi connectivity index (χ4v) is 5.73. The van der Waals surface area contributed by atoms with Crippen molar-refractivity contribution in [1.29, 1.82) is 10.5 Å². The highest BCUT2D eigenvalue weighted by Crippen LogP contribution is 2.41. The first-order chi connectivity index (χ1) is 22.5. The van der Waals surface area contributed by atoms with Crippen LogP contribution in [0.1, 0.15) is 83.7 Å². The van der Waals surface area contributed by atoms with E-state index >= 15 is 0 Å². The Morgan fingerprint density at radius 2 is 1.26 bits per heavy atom. The third-order valence-corrected chi connectivity index (χ3v) is 8.37. The number of rotatable bonds is 10. The molecule has 0 amide bonds. The lowest BCUT2D eigenvalue weighted by Crippen LogP contribution is -2.19. The zero-order valence-electron chi connectivity index (χ0n) is 28.9. The summed E-state index contributed by atoms with van der Waals surface area (Å²) < 4.78 is 0. The van der Waals surface area contributed by atoms with Crippen LogP contribution in [0.4, 0.5) is 0 Å². The molecule has 2 aliphatic rings. The Balaban J connectivity index is 1.56. The van der Waals surface area contributed by atoms with Crippen LogP contribution in [0.15, 0.2) is 160 Å². The number of benzene rings is 1. The number of allylic oxidation sites excluding steroid dienone is 24. The number of carbonyl (C=O) groups excluding carboxylic acids is 1. The van der Waals surface area contributed by atoms with Crippen LogP contribution in [0.3, 0.4) is 0 Å². The van der Waals surface area contributed by atoms with E-state index in [0.717, 1.165) is 11.1 Å².